The molecule has 0 aromatic rings. The number of amides is 1. The summed E-state index contributed by atoms with van der Waals surface area (Å²) in [6.45, 7) is 1.84. The molecule has 0 bridgehead atoms. The second-order valence-corrected chi connectivity index (χ2v) is 5.45. The van der Waals surface area contributed by atoms with Crippen LogP contribution in [0.3, 0.4) is 0 Å². The van der Waals surface area contributed by atoms with E-state index in [4.69, 9.17) is 0 Å². The first-order valence-electron chi connectivity index (χ1n) is 6.21. The van der Waals surface area contributed by atoms with Crippen LogP contribution in [0.15, 0.2) is 0 Å². The highest BCUT2D eigenvalue weighted by molar-refractivity contribution is 5.83. The lowest BCUT2D eigenvalue weighted by Gasteiger charge is -2.48. The maximum Gasteiger partial charge on any atom is 0.239 e. The monoisotopic (exact) mass is 225 g/mol. The molecule has 1 aliphatic heterocycles. The fraction of sp³-hybridized carbons (Fsp3) is 0.917. The highest BCUT2D eigenvalue weighted by atomic mass is 16.2. The predicted octanol–water partition coefficient (Wildman–Crippen LogP) is 0.291. The number of rotatable bonds is 4. The van der Waals surface area contributed by atoms with Crippen molar-refractivity contribution in [3.05, 3.63) is 0 Å². The number of carbonyl (C=O) groups excluding carboxylic acids is 1. The molecule has 1 unspecified atom stereocenters. The van der Waals surface area contributed by atoms with E-state index < -0.39 is 0 Å². The average molecular weight is 225 g/mol. The van der Waals surface area contributed by atoms with Crippen LogP contribution in [-0.2, 0) is 4.79 Å². The molecule has 4 heteroatoms. The molecule has 1 aliphatic carbocycles. The molecule has 0 radical (unpaired) electrons. The number of likely N-dealkylation sites (tertiary alicyclic amines) is 1. The molecule has 4 nitrogen and oxygen atoms in total. The summed E-state index contributed by atoms with van der Waals surface area (Å²) in [5.74, 6) is 0.258. The van der Waals surface area contributed by atoms with Crippen molar-refractivity contribution in [1.82, 2.24) is 15.1 Å². The van der Waals surface area contributed by atoms with E-state index in [1.54, 1.807) is 0 Å². The maximum atomic E-state index is 11.7. The highest BCUT2D eigenvalue weighted by Gasteiger charge is 2.40. The number of nitrogens with one attached hydrogen (secondary N) is 1. The van der Waals surface area contributed by atoms with Crippen LogP contribution in [0, 0.1) is 0 Å². The van der Waals surface area contributed by atoms with Crippen LogP contribution in [0.1, 0.15) is 25.7 Å². The van der Waals surface area contributed by atoms with Gasteiger partial charge in [-0.2, -0.15) is 0 Å². The van der Waals surface area contributed by atoms with Crippen LogP contribution < -0.4 is 5.32 Å². The third kappa shape index (κ3) is 1.96. The van der Waals surface area contributed by atoms with Gasteiger partial charge in [-0.25, -0.2) is 0 Å². The van der Waals surface area contributed by atoms with Crippen molar-refractivity contribution < 1.29 is 4.79 Å². The summed E-state index contributed by atoms with van der Waals surface area (Å²) in [4.78, 5) is 15.9. The van der Waals surface area contributed by atoms with E-state index in [2.05, 4.69) is 24.3 Å². The van der Waals surface area contributed by atoms with Crippen molar-refractivity contribution in [3.8, 4) is 0 Å². The number of carbonyl (C=O) groups is 1. The molecule has 1 saturated carbocycles. The fourth-order valence-corrected chi connectivity index (χ4v) is 2.69. The molecule has 2 fully saturated rings. The Bertz CT molecular complexity index is 273. The summed E-state index contributed by atoms with van der Waals surface area (Å²) < 4.78 is 0. The van der Waals surface area contributed by atoms with Gasteiger partial charge in [-0.3, -0.25) is 4.79 Å². The Morgan fingerprint density at radius 2 is 2.19 bits per heavy atom. The Labute approximate surface area is 98.0 Å². The van der Waals surface area contributed by atoms with Gasteiger partial charge in [-0.15, -0.1) is 0 Å². The highest BCUT2D eigenvalue weighted by Crippen LogP contribution is 2.35. The van der Waals surface area contributed by atoms with E-state index in [-0.39, 0.29) is 11.9 Å². The molecule has 1 atom stereocenters. The number of nitrogens with zero attached hydrogens (tertiary/aromatic N) is 2. The Morgan fingerprint density at radius 3 is 2.56 bits per heavy atom. The SMILES string of the molecule is CN1CCC(NCC2(N(C)C)CCC2)C1=O. The molecule has 1 saturated heterocycles. The van der Waals surface area contributed by atoms with Crippen LogP contribution in [0.2, 0.25) is 0 Å². The van der Waals surface area contributed by atoms with Crippen LogP contribution in [-0.4, -0.2) is 61.5 Å². The van der Waals surface area contributed by atoms with Gasteiger partial charge in [0.25, 0.3) is 0 Å². The van der Waals surface area contributed by atoms with Gasteiger partial charge in [-0.1, -0.05) is 0 Å². The van der Waals surface area contributed by atoms with Crippen LogP contribution >= 0.6 is 0 Å². The van der Waals surface area contributed by atoms with Crippen molar-refractivity contribution >= 4 is 5.91 Å². The second kappa shape index (κ2) is 4.34. The molecule has 0 aromatic heterocycles. The third-order valence-corrected chi connectivity index (χ3v) is 4.34. The van der Waals surface area contributed by atoms with Gasteiger partial charge in [0.15, 0.2) is 0 Å². The van der Waals surface area contributed by atoms with Crippen molar-refractivity contribution in [2.45, 2.75) is 37.3 Å². The lowest BCUT2D eigenvalue weighted by molar-refractivity contribution is -0.128. The number of likely N-dealkylation sites (N-methyl/N-ethyl adjacent to an activating group) is 2. The largest absolute Gasteiger partial charge is 0.344 e. The van der Waals surface area contributed by atoms with Gasteiger partial charge in [-0.05, 0) is 39.8 Å². The first kappa shape index (κ1) is 11.9. The van der Waals surface area contributed by atoms with E-state index in [0.29, 0.717) is 5.54 Å². The average Bonchev–Trinajstić information content (AvgIpc) is 2.47. The molecular weight excluding hydrogens is 202 g/mol. The van der Waals surface area contributed by atoms with Gasteiger partial charge >= 0.3 is 0 Å². The molecule has 2 aliphatic rings. The van der Waals surface area contributed by atoms with Gasteiger partial charge in [0.05, 0.1) is 6.04 Å². The zero-order valence-electron chi connectivity index (χ0n) is 10.6. The van der Waals surface area contributed by atoms with E-state index in [1.807, 2.05) is 11.9 Å². The molecule has 0 aromatic carbocycles. The minimum atomic E-state index is 0.0578. The van der Waals surface area contributed by atoms with Crippen LogP contribution in [0.25, 0.3) is 0 Å². The zero-order chi connectivity index (χ0) is 11.8. The van der Waals surface area contributed by atoms with Crippen molar-refractivity contribution in [1.29, 1.82) is 0 Å². The van der Waals surface area contributed by atoms with E-state index in [1.165, 1.54) is 19.3 Å². The molecule has 92 valence electrons. The lowest BCUT2D eigenvalue weighted by Crippen LogP contribution is -2.58. The summed E-state index contributed by atoms with van der Waals surface area (Å²) in [6, 6.07) is 0.0578. The summed E-state index contributed by atoms with van der Waals surface area (Å²) in [6.07, 6.45) is 4.78. The second-order valence-electron chi connectivity index (χ2n) is 5.45. The quantitative estimate of drug-likeness (QED) is 0.747. The summed E-state index contributed by atoms with van der Waals surface area (Å²) in [7, 11) is 6.17. The van der Waals surface area contributed by atoms with Gasteiger partial charge < -0.3 is 15.1 Å². The molecule has 16 heavy (non-hydrogen) atoms. The van der Waals surface area contributed by atoms with Gasteiger partial charge in [0, 0.05) is 25.7 Å². The zero-order valence-corrected chi connectivity index (χ0v) is 10.6. The molecule has 2 rings (SSSR count). The summed E-state index contributed by atoms with van der Waals surface area (Å²) >= 11 is 0. The topological polar surface area (TPSA) is 35.6 Å². The van der Waals surface area contributed by atoms with Crippen LogP contribution in [0.5, 0.6) is 0 Å². The van der Waals surface area contributed by atoms with Gasteiger partial charge in [0.1, 0.15) is 0 Å². The number of hydrogen-bond acceptors (Lipinski definition) is 3. The molecular formula is C12H23N3O. The lowest BCUT2D eigenvalue weighted by atomic mass is 9.75. The summed E-state index contributed by atoms with van der Waals surface area (Å²) in [5, 5.41) is 3.45. The number of hydrogen-bond donors (Lipinski definition) is 1. The maximum absolute atomic E-state index is 11.7. The Kier molecular flexibility index (Phi) is 3.22. The first-order chi connectivity index (χ1) is 7.55. The molecule has 1 heterocycles. The smallest absolute Gasteiger partial charge is 0.239 e. The van der Waals surface area contributed by atoms with Crippen molar-refractivity contribution in [2.24, 2.45) is 0 Å². The van der Waals surface area contributed by atoms with E-state index in [9.17, 15) is 4.79 Å². The molecule has 1 amide bonds. The Hall–Kier alpha value is -0.610. The first-order valence-corrected chi connectivity index (χ1v) is 6.21. The fourth-order valence-electron chi connectivity index (χ4n) is 2.69. The van der Waals surface area contributed by atoms with E-state index >= 15 is 0 Å². The van der Waals surface area contributed by atoms with E-state index in [0.717, 1.165) is 19.5 Å². The minimum Gasteiger partial charge on any atom is -0.344 e. The Balaban J connectivity index is 1.85. The third-order valence-electron chi connectivity index (χ3n) is 4.34. The summed E-state index contributed by atoms with van der Waals surface area (Å²) in [5.41, 5.74) is 0.307. The van der Waals surface area contributed by atoms with Crippen molar-refractivity contribution in [2.75, 3.05) is 34.2 Å². The predicted molar refractivity (Wildman–Crippen MR) is 64.3 cm³/mol. The molecule has 0 spiro atoms. The Morgan fingerprint density at radius 1 is 1.50 bits per heavy atom. The van der Waals surface area contributed by atoms with Crippen molar-refractivity contribution in [3.63, 3.8) is 0 Å². The standard InChI is InChI=1S/C12H23N3O/c1-14(2)12(6-4-7-12)9-13-10-5-8-15(3)11(10)16/h10,13H,4-9H2,1-3H3. The van der Waals surface area contributed by atoms with Gasteiger partial charge in [0.2, 0.25) is 5.91 Å². The van der Waals surface area contributed by atoms with Crippen LogP contribution in [0.4, 0.5) is 0 Å². The molecule has 1 N–H and O–H groups in total. The normalized spacial score (nSPS) is 28.6. The minimum absolute atomic E-state index is 0.0578.